The van der Waals surface area contributed by atoms with E-state index in [2.05, 4.69) is 46.1 Å². The summed E-state index contributed by atoms with van der Waals surface area (Å²) in [5, 5.41) is 16.1. The molecule has 6 aliphatic rings. The van der Waals surface area contributed by atoms with E-state index in [0.717, 1.165) is 89.5 Å². The molecule has 0 radical (unpaired) electrons. The average Bonchev–Trinajstić information content (AvgIpc) is 3.79. The standard InChI is InChI=1S/C50H68FN13O7/c1-3-71-49(70)39-28-52-50(56-37-27-53-59(2)30-37)58-45(39)55-35-8-11-38(12-9-35)61-21-23-63(24-22-61)48(69)34-6-4-33(5-7-34)47(68)62-18-16-32(17-19-62)29-60-20-25-64(44(66)31-60)42-14-10-36(26-40(42)51)54-41-13-15-43(65)57-46(41)67/h10,14,26-28,30,32-35,38,41,54H,3-9,11-13,15-25,29,31H2,1-2H3,(H,57,65,67)(H2,52,55,56,58). The molecule has 4 N–H and O–H groups in total. The SMILES string of the molecule is CCOC(=O)c1cnc(Nc2cnn(C)c2)nc1NC1CCC(N2CCN(C(=O)C3CCC(C(=O)N4CCC(CN5CCN(c6ccc(NC7CCC(=O)NC7=O)cc6F)C(=O)C5)CC4)CC3)CC2)CC1. The van der Waals surface area contributed by atoms with E-state index in [9.17, 15) is 28.8 Å². The number of aryl methyl sites for hydroxylation is 1. The molecule has 5 amide bonds. The first kappa shape index (κ1) is 49.7. The third-order valence-electron chi connectivity index (χ3n) is 15.4. The van der Waals surface area contributed by atoms with Gasteiger partial charge in [-0.25, -0.2) is 14.2 Å². The number of piperazine rings is 2. The maximum atomic E-state index is 15.3. The van der Waals surface area contributed by atoms with Crippen molar-refractivity contribution in [1.82, 2.24) is 44.7 Å². The van der Waals surface area contributed by atoms with E-state index in [0.29, 0.717) is 80.7 Å². The number of rotatable bonds is 14. The van der Waals surface area contributed by atoms with Crippen LogP contribution in [0.15, 0.2) is 36.8 Å². The van der Waals surface area contributed by atoms with Crippen molar-refractivity contribution in [2.45, 2.75) is 102 Å². The molecular formula is C50H68FN13O7. The molecule has 6 fully saturated rings. The first-order valence-corrected chi connectivity index (χ1v) is 25.7. The first-order chi connectivity index (χ1) is 34.4. The lowest BCUT2D eigenvalue weighted by molar-refractivity contribution is -0.143. The quantitative estimate of drug-likeness (QED) is 0.134. The number of nitrogens with zero attached hydrogens (tertiary/aromatic N) is 9. The van der Waals surface area contributed by atoms with E-state index in [4.69, 9.17) is 4.74 Å². The fourth-order valence-corrected chi connectivity index (χ4v) is 11.4. The summed E-state index contributed by atoms with van der Waals surface area (Å²) >= 11 is 0. The Balaban J connectivity index is 0.659. The van der Waals surface area contributed by atoms with Gasteiger partial charge >= 0.3 is 5.97 Å². The summed E-state index contributed by atoms with van der Waals surface area (Å²) < 4.78 is 22.3. The molecule has 3 aromatic rings. The Morgan fingerprint density at radius 2 is 1.51 bits per heavy atom. The Kier molecular flexibility index (Phi) is 15.7. The fourth-order valence-electron chi connectivity index (χ4n) is 11.4. The number of anilines is 5. The van der Waals surface area contributed by atoms with Gasteiger partial charge < -0.3 is 35.4 Å². The number of carbonyl (C=O) groups is 6. The maximum absolute atomic E-state index is 15.3. The zero-order valence-corrected chi connectivity index (χ0v) is 41.0. The summed E-state index contributed by atoms with van der Waals surface area (Å²) in [6, 6.07) is 4.42. The van der Waals surface area contributed by atoms with Gasteiger partial charge in [-0.1, -0.05) is 0 Å². The van der Waals surface area contributed by atoms with Crippen LogP contribution < -0.4 is 26.2 Å². The largest absolute Gasteiger partial charge is 0.462 e. The number of carbonyl (C=O) groups excluding carboxylic acids is 6. The van der Waals surface area contributed by atoms with Crippen LogP contribution in [0.1, 0.15) is 94.3 Å². The molecule has 4 saturated heterocycles. The molecule has 6 heterocycles. The van der Waals surface area contributed by atoms with Gasteiger partial charge in [0, 0.05) is 114 Å². The minimum Gasteiger partial charge on any atom is -0.462 e. The number of esters is 1. The summed E-state index contributed by atoms with van der Waals surface area (Å²) in [6.45, 7) is 8.42. The van der Waals surface area contributed by atoms with E-state index in [1.165, 1.54) is 17.2 Å². The molecule has 71 heavy (non-hydrogen) atoms. The van der Waals surface area contributed by atoms with E-state index >= 15 is 4.39 Å². The van der Waals surface area contributed by atoms with Gasteiger partial charge in [-0.3, -0.25) is 43.8 Å². The fraction of sp³-hybridized carbons (Fsp3) is 0.620. The third kappa shape index (κ3) is 12.1. The molecular weight excluding hydrogens is 914 g/mol. The van der Waals surface area contributed by atoms with E-state index < -0.39 is 23.7 Å². The third-order valence-corrected chi connectivity index (χ3v) is 15.4. The molecule has 1 unspecified atom stereocenters. The second-order valence-electron chi connectivity index (χ2n) is 20.1. The Morgan fingerprint density at radius 3 is 2.14 bits per heavy atom. The molecule has 0 spiro atoms. The van der Waals surface area contributed by atoms with Crippen LogP contribution in [0, 0.1) is 23.6 Å². The van der Waals surface area contributed by atoms with Gasteiger partial charge in [0.1, 0.15) is 23.2 Å². The lowest BCUT2D eigenvalue weighted by Gasteiger charge is -2.43. The first-order valence-electron chi connectivity index (χ1n) is 25.7. The number of imide groups is 1. The van der Waals surface area contributed by atoms with Crippen molar-refractivity contribution in [2.24, 2.45) is 24.8 Å². The van der Waals surface area contributed by atoms with Crippen LogP contribution in [-0.4, -0.2) is 165 Å². The van der Waals surface area contributed by atoms with Crippen LogP contribution in [0.3, 0.4) is 0 Å². The number of nitrogens with one attached hydrogen (secondary N) is 4. The molecule has 4 aliphatic heterocycles. The summed E-state index contributed by atoms with van der Waals surface area (Å²) in [7, 11) is 1.83. The highest BCUT2D eigenvalue weighted by molar-refractivity contribution is 6.01. The minimum atomic E-state index is -0.632. The van der Waals surface area contributed by atoms with Crippen molar-refractivity contribution >= 4 is 64.3 Å². The lowest BCUT2D eigenvalue weighted by atomic mass is 9.80. The number of amides is 5. The van der Waals surface area contributed by atoms with E-state index in [-0.39, 0.29) is 66.8 Å². The number of hydrogen-bond acceptors (Lipinski definition) is 15. The monoisotopic (exact) mass is 982 g/mol. The van der Waals surface area contributed by atoms with Crippen LogP contribution in [0.25, 0.3) is 0 Å². The van der Waals surface area contributed by atoms with Gasteiger partial charge in [0.05, 0.1) is 30.7 Å². The predicted molar refractivity (Wildman–Crippen MR) is 262 cm³/mol. The van der Waals surface area contributed by atoms with Gasteiger partial charge in [-0.2, -0.15) is 10.1 Å². The Labute approximate surface area is 413 Å². The van der Waals surface area contributed by atoms with Crippen molar-refractivity contribution < 1.29 is 37.9 Å². The summed E-state index contributed by atoms with van der Waals surface area (Å²) in [6.07, 6.45) is 14.0. The zero-order chi connectivity index (χ0) is 49.6. The van der Waals surface area contributed by atoms with Crippen LogP contribution in [0.2, 0.25) is 0 Å². The number of hydrogen-bond donors (Lipinski definition) is 4. The minimum absolute atomic E-state index is 0.0414. The number of halogens is 1. The van der Waals surface area contributed by atoms with Crippen molar-refractivity contribution in [2.75, 3.05) is 92.9 Å². The second-order valence-corrected chi connectivity index (χ2v) is 20.1. The highest BCUT2D eigenvalue weighted by Gasteiger charge is 2.38. The molecule has 2 aromatic heterocycles. The number of piperidine rings is 2. The van der Waals surface area contributed by atoms with Gasteiger partial charge in [-0.15, -0.1) is 0 Å². The van der Waals surface area contributed by atoms with Gasteiger partial charge in [0.2, 0.25) is 35.5 Å². The summed E-state index contributed by atoms with van der Waals surface area (Å²) in [5.74, 6) is -0.457. The highest BCUT2D eigenvalue weighted by atomic mass is 19.1. The van der Waals surface area contributed by atoms with Crippen molar-refractivity contribution in [3.8, 4) is 0 Å². The predicted octanol–water partition coefficient (Wildman–Crippen LogP) is 3.75. The average molecular weight is 982 g/mol. The molecule has 382 valence electrons. The lowest BCUT2D eigenvalue weighted by Crippen LogP contribution is -2.54. The van der Waals surface area contributed by atoms with E-state index in [1.54, 1.807) is 29.9 Å². The van der Waals surface area contributed by atoms with Gasteiger partial charge in [-0.05, 0) is 102 Å². The number of aromatic nitrogens is 4. The molecule has 1 atom stereocenters. The molecule has 1 aromatic carbocycles. The van der Waals surface area contributed by atoms with Gasteiger partial charge in [0.15, 0.2) is 0 Å². The topological polar surface area (TPSA) is 220 Å². The number of benzene rings is 1. The van der Waals surface area contributed by atoms with E-state index in [1.807, 2.05) is 23.0 Å². The number of ether oxygens (including phenoxy) is 1. The molecule has 21 heteroatoms. The molecule has 9 rings (SSSR count). The Bertz CT molecular complexity index is 2420. The van der Waals surface area contributed by atoms with Gasteiger partial charge in [0.25, 0.3) is 0 Å². The number of likely N-dealkylation sites (tertiary alicyclic amines) is 1. The van der Waals surface area contributed by atoms with Crippen LogP contribution in [0.4, 0.5) is 33.2 Å². The summed E-state index contributed by atoms with van der Waals surface area (Å²) in [4.78, 5) is 96.4. The van der Waals surface area contributed by atoms with Crippen molar-refractivity contribution in [3.05, 3.63) is 48.2 Å². The smallest absolute Gasteiger partial charge is 0.343 e. The normalized spacial score (nSPS) is 25.1. The van der Waals surface area contributed by atoms with Crippen LogP contribution in [-0.2, 0) is 35.8 Å². The Morgan fingerprint density at radius 1 is 0.803 bits per heavy atom. The second kappa shape index (κ2) is 22.5. The molecule has 2 saturated carbocycles. The summed E-state index contributed by atoms with van der Waals surface area (Å²) in [5.41, 5.74) is 1.65. The molecule has 20 nitrogen and oxygen atoms in total. The van der Waals surface area contributed by atoms with Crippen LogP contribution in [0.5, 0.6) is 0 Å². The van der Waals surface area contributed by atoms with Crippen LogP contribution >= 0.6 is 0 Å². The molecule has 0 bridgehead atoms. The van der Waals surface area contributed by atoms with Crippen molar-refractivity contribution in [1.29, 1.82) is 0 Å². The van der Waals surface area contributed by atoms with Crippen molar-refractivity contribution in [3.63, 3.8) is 0 Å². The highest BCUT2D eigenvalue weighted by Crippen LogP contribution is 2.34. The Hall–Kier alpha value is -6.22. The maximum Gasteiger partial charge on any atom is 0.343 e. The zero-order valence-electron chi connectivity index (χ0n) is 41.0. The molecule has 2 aliphatic carbocycles.